The van der Waals surface area contributed by atoms with Crippen molar-refractivity contribution in [1.29, 1.82) is 0 Å². The number of carbonyl (C=O) groups is 1. The van der Waals surface area contributed by atoms with Crippen molar-refractivity contribution in [3.8, 4) is 11.5 Å². The molecule has 7 nitrogen and oxygen atoms in total. The van der Waals surface area contributed by atoms with Gasteiger partial charge < -0.3 is 14.8 Å². The van der Waals surface area contributed by atoms with Crippen LogP contribution in [0, 0.1) is 6.92 Å². The van der Waals surface area contributed by atoms with Crippen LogP contribution in [0.15, 0.2) is 83.8 Å². The Morgan fingerprint density at radius 1 is 0.906 bits per heavy atom. The van der Waals surface area contributed by atoms with E-state index in [0.29, 0.717) is 11.4 Å². The largest absolute Gasteiger partial charge is 0.497 e. The lowest BCUT2D eigenvalue weighted by atomic mass is 10.2. The van der Waals surface area contributed by atoms with Gasteiger partial charge in [-0.1, -0.05) is 35.9 Å². The number of nitrogens with one attached hydrogen (secondary N) is 1. The van der Waals surface area contributed by atoms with E-state index in [1.165, 1.54) is 12.1 Å². The van der Waals surface area contributed by atoms with Gasteiger partial charge in [-0.2, -0.15) is 0 Å². The summed E-state index contributed by atoms with van der Waals surface area (Å²) in [5, 5.41) is 2.72. The Bertz CT molecular complexity index is 1120. The number of amides is 1. The molecular formula is C24H26N2O5S. The van der Waals surface area contributed by atoms with Gasteiger partial charge in [0, 0.05) is 0 Å². The zero-order chi connectivity index (χ0) is 23.0. The van der Waals surface area contributed by atoms with Gasteiger partial charge in [0.1, 0.15) is 24.7 Å². The van der Waals surface area contributed by atoms with E-state index in [0.717, 1.165) is 15.6 Å². The highest BCUT2D eigenvalue weighted by Gasteiger charge is 2.26. The van der Waals surface area contributed by atoms with Gasteiger partial charge in [0.2, 0.25) is 5.91 Å². The number of anilines is 1. The lowest BCUT2D eigenvalue weighted by molar-refractivity contribution is -0.119. The summed E-state index contributed by atoms with van der Waals surface area (Å²) in [6.07, 6.45) is 0. The molecular weight excluding hydrogens is 428 g/mol. The van der Waals surface area contributed by atoms with E-state index in [2.05, 4.69) is 5.32 Å². The third-order valence-electron chi connectivity index (χ3n) is 4.69. The molecule has 32 heavy (non-hydrogen) atoms. The molecule has 0 spiro atoms. The smallest absolute Gasteiger partial charge is 0.264 e. The van der Waals surface area contributed by atoms with E-state index in [9.17, 15) is 13.2 Å². The second kappa shape index (κ2) is 10.7. The molecule has 0 bridgehead atoms. The fourth-order valence-electron chi connectivity index (χ4n) is 2.96. The topological polar surface area (TPSA) is 84.9 Å². The molecule has 168 valence electrons. The molecule has 3 rings (SSSR count). The summed E-state index contributed by atoms with van der Waals surface area (Å²) in [6.45, 7) is 2.05. The van der Waals surface area contributed by atoms with Crippen molar-refractivity contribution in [3.05, 3.63) is 84.4 Å². The molecule has 0 aliphatic heterocycles. The predicted molar refractivity (Wildman–Crippen MR) is 124 cm³/mol. The van der Waals surface area contributed by atoms with Crippen LogP contribution in [0.3, 0.4) is 0 Å². The molecule has 3 aromatic rings. The number of benzene rings is 3. The van der Waals surface area contributed by atoms with Crippen LogP contribution in [0.1, 0.15) is 5.56 Å². The van der Waals surface area contributed by atoms with Crippen LogP contribution in [-0.2, 0) is 14.8 Å². The third-order valence-corrected chi connectivity index (χ3v) is 6.48. The number of carbonyl (C=O) groups excluding carboxylic acids is 1. The number of nitrogens with zero attached hydrogens (tertiary/aromatic N) is 1. The Labute approximate surface area is 188 Å². The number of aryl methyl sites for hydroxylation is 1. The number of methoxy groups -OCH3 is 1. The van der Waals surface area contributed by atoms with Gasteiger partial charge in [-0.3, -0.25) is 9.10 Å². The van der Waals surface area contributed by atoms with E-state index >= 15 is 0 Å². The number of hydrogen-bond acceptors (Lipinski definition) is 5. The van der Waals surface area contributed by atoms with Crippen molar-refractivity contribution in [2.24, 2.45) is 0 Å². The van der Waals surface area contributed by atoms with Crippen LogP contribution in [0.25, 0.3) is 0 Å². The fraction of sp³-hybridized carbons (Fsp3) is 0.208. The van der Waals surface area contributed by atoms with Crippen molar-refractivity contribution < 1.29 is 22.7 Å². The monoisotopic (exact) mass is 454 g/mol. The number of ether oxygens (including phenoxy) is 2. The lowest BCUT2D eigenvalue weighted by Gasteiger charge is -2.24. The standard InChI is InChI=1S/C24H26N2O5S/c1-19-8-10-20(11-9-19)26(32(28,29)23-6-4-3-5-7-23)18-24(27)25-16-17-31-22-14-12-21(30-2)13-15-22/h3-15H,16-18H2,1-2H3,(H,25,27). The maximum absolute atomic E-state index is 13.2. The van der Waals surface area contributed by atoms with E-state index in [1.807, 2.05) is 19.1 Å². The van der Waals surface area contributed by atoms with E-state index in [4.69, 9.17) is 9.47 Å². The Balaban J connectivity index is 1.65. The molecule has 0 heterocycles. The first-order valence-electron chi connectivity index (χ1n) is 10.1. The Hall–Kier alpha value is -3.52. The first kappa shape index (κ1) is 23.1. The van der Waals surface area contributed by atoms with Crippen molar-refractivity contribution >= 4 is 21.6 Å². The molecule has 0 fully saturated rings. The van der Waals surface area contributed by atoms with Crippen molar-refractivity contribution in [2.75, 3.05) is 31.1 Å². The highest BCUT2D eigenvalue weighted by molar-refractivity contribution is 7.92. The second-order valence-electron chi connectivity index (χ2n) is 7.03. The summed E-state index contributed by atoms with van der Waals surface area (Å²) in [6, 6.07) is 22.2. The van der Waals surface area contributed by atoms with Gasteiger partial charge in [-0.15, -0.1) is 0 Å². The number of hydrogen-bond donors (Lipinski definition) is 1. The van der Waals surface area contributed by atoms with E-state index < -0.39 is 15.9 Å². The molecule has 0 atom stereocenters. The highest BCUT2D eigenvalue weighted by atomic mass is 32.2. The Kier molecular flexibility index (Phi) is 7.72. The summed E-state index contributed by atoms with van der Waals surface area (Å²) in [4.78, 5) is 12.7. The van der Waals surface area contributed by atoms with Crippen LogP contribution in [0.2, 0.25) is 0 Å². The molecule has 1 amide bonds. The van der Waals surface area contributed by atoms with Gasteiger partial charge in [-0.25, -0.2) is 8.42 Å². The van der Waals surface area contributed by atoms with Crippen LogP contribution < -0.4 is 19.1 Å². The zero-order valence-electron chi connectivity index (χ0n) is 18.0. The second-order valence-corrected chi connectivity index (χ2v) is 8.90. The zero-order valence-corrected chi connectivity index (χ0v) is 18.8. The normalized spacial score (nSPS) is 10.9. The average molecular weight is 455 g/mol. The van der Waals surface area contributed by atoms with Crippen LogP contribution in [0.4, 0.5) is 5.69 Å². The summed E-state index contributed by atoms with van der Waals surface area (Å²) in [5.74, 6) is 0.942. The molecule has 1 N–H and O–H groups in total. The van der Waals surface area contributed by atoms with Gasteiger partial charge in [-0.05, 0) is 55.5 Å². The van der Waals surface area contributed by atoms with E-state index in [-0.39, 0.29) is 24.6 Å². The Morgan fingerprint density at radius 2 is 1.53 bits per heavy atom. The van der Waals surface area contributed by atoms with Gasteiger partial charge in [0.05, 0.1) is 24.2 Å². The van der Waals surface area contributed by atoms with Crippen LogP contribution in [0.5, 0.6) is 11.5 Å². The maximum atomic E-state index is 13.2. The fourth-order valence-corrected chi connectivity index (χ4v) is 4.41. The first-order valence-corrected chi connectivity index (χ1v) is 11.5. The predicted octanol–water partition coefficient (Wildman–Crippen LogP) is 3.39. The first-order chi connectivity index (χ1) is 15.4. The molecule has 0 saturated heterocycles. The lowest BCUT2D eigenvalue weighted by Crippen LogP contribution is -2.41. The molecule has 0 saturated carbocycles. The van der Waals surface area contributed by atoms with Crippen molar-refractivity contribution in [2.45, 2.75) is 11.8 Å². The summed E-state index contributed by atoms with van der Waals surface area (Å²) < 4.78 is 38.3. The number of rotatable bonds is 10. The SMILES string of the molecule is COc1ccc(OCCNC(=O)CN(c2ccc(C)cc2)S(=O)(=O)c2ccccc2)cc1. The molecule has 0 unspecified atom stereocenters. The Morgan fingerprint density at radius 3 is 2.16 bits per heavy atom. The maximum Gasteiger partial charge on any atom is 0.264 e. The molecule has 8 heteroatoms. The van der Waals surface area contributed by atoms with Crippen LogP contribution >= 0.6 is 0 Å². The average Bonchev–Trinajstić information content (AvgIpc) is 2.82. The molecule has 0 radical (unpaired) electrons. The minimum atomic E-state index is -3.91. The quantitative estimate of drug-likeness (QED) is 0.475. The summed E-state index contributed by atoms with van der Waals surface area (Å²) >= 11 is 0. The molecule has 0 aliphatic rings. The molecule has 3 aromatic carbocycles. The summed E-state index contributed by atoms with van der Waals surface area (Å²) in [5.41, 5.74) is 1.41. The van der Waals surface area contributed by atoms with Gasteiger partial charge in [0.25, 0.3) is 10.0 Å². The van der Waals surface area contributed by atoms with E-state index in [1.54, 1.807) is 61.7 Å². The third kappa shape index (κ3) is 6.01. The molecule has 0 aliphatic carbocycles. The van der Waals surface area contributed by atoms with Crippen molar-refractivity contribution in [1.82, 2.24) is 5.32 Å². The summed E-state index contributed by atoms with van der Waals surface area (Å²) in [7, 11) is -2.33. The van der Waals surface area contributed by atoms with Crippen molar-refractivity contribution in [3.63, 3.8) is 0 Å². The molecule has 0 aromatic heterocycles. The highest BCUT2D eigenvalue weighted by Crippen LogP contribution is 2.24. The van der Waals surface area contributed by atoms with Crippen LogP contribution in [-0.4, -0.2) is 41.1 Å². The van der Waals surface area contributed by atoms with Gasteiger partial charge in [0.15, 0.2) is 0 Å². The minimum absolute atomic E-state index is 0.121. The number of sulfonamides is 1. The minimum Gasteiger partial charge on any atom is -0.497 e. The van der Waals surface area contributed by atoms with Gasteiger partial charge >= 0.3 is 0 Å².